The first-order valence-corrected chi connectivity index (χ1v) is 6.83. The molecule has 2 rings (SSSR count). The highest BCUT2D eigenvalue weighted by Crippen LogP contribution is 2.42. The molecule has 18 heavy (non-hydrogen) atoms. The molecule has 4 heteroatoms. The summed E-state index contributed by atoms with van der Waals surface area (Å²) in [6, 6.07) is 0.0855. The van der Waals surface area contributed by atoms with Crippen LogP contribution in [0.5, 0.6) is 0 Å². The molecule has 0 aromatic carbocycles. The summed E-state index contributed by atoms with van der Waals surface area (Å²) in [6.45, 7) is 16.9. The van der Waals surface area contributed by atoms with Crippen molar-refractivity contribution in [3.8, 4) is 0 Å². The molecule has 0 aromatic rings. The van der Waals surface area contributed by atoms with Crippen molar-refractivity contribution in [2.45, 2.75) is 52.6 Å². The molecule has 0 atom stereocenters. The summed E-state index contributed by atoms with van der Waals surface area (Å²) in [6.07, 6.45) is 0. The van der Waals surface area contributed by atoms with Crippen LogP contribution >= 0.6 is 0 Å². The fraction of sp³-hybridized carbons (Fsp3) is 0.929. The molecule has 2 saturated heterocycles. The van der Waals surface area contributed by atoms with Crippen molar-refractivity contribution >= 4 is 6.03 Å². The Morgan fingerprint density at radius 3 is 1.89 bits per heavy atom. The second-order valence-electron chi connectivity index (χ2n) is 8.06. The molecule has 2 aliphatic rings. The first kappa shape index (κ1) is 13.7. The van der Waals surface area contributed by atoms with E-state index < -0.39 is 0 Å². The summed E-state index contributed by atoms with van der Waals surface area (Å²) >= 11 is 0. The van der Waals surface area contributed by atoms with Crippen LogP contribution in [0.15, 0.2) is 0 Å². The number of carbonyl (C=O) groups excluding carboxylic acids is 1. The molecule has 2 amide bonds. The highest BCUT2D eigenvalue weighted by molar-refractivity contribution is 5.76. The molecule has 0 aromatic heterocycles. The maximum Gasteiger partial charge on any atom is 0.317 e. The number of amides is 2. The lowest BCUT2D eigenvalue weighted by molar-refractivity contribution is -0.128. The van der Waals surface area contributed by atoms with Gasteiger partial charge in [-0.1, -0.05) is 0 Å². The van der Waals surface area contributed by atoms with Gasteiger partial charge in [-0.15, -0.1) is 0 Å². The molecular weight excluding hydrogens is 226 g/mol. The van der Waals surface area contributed by atoms with Gasteiger partial charge in [0.15, 0.2) is 0 Å². The quantitative estimate of drug-likeness (QED) is 0.716. The van der Waals surface area contributed by atoms with Crippen molar-refractivity contribution in [1.82, 2.24) is 15.1 Å². The molecule has 0 aliphatic carbocycles. The van der Waals surface area contributed by atoms with Crippen molar-refractivity contribution in [2.75, 3.05) is 26.2 Å². The maximum absolute atomic E-state index is 11.9. The monoisotopic (exact) mass is 253 g/mol. The van der Waals surface area contributed by atoms with Gasteiger partial charge in [-0.05, 0) is 41.5 Å². The normalized spacial score (nSPS) is 23.6. The van der Waals surface area contributed by atoms with Crippen LogP contribution in [-0.4, -0.2) is 53.1 Å². The molecule has 0 unspecified atom stereocenters. The summed E-state index contributed by atoms with van der Waals surface area (Å²) in [5.41, 5.74) is 0.513. The van der Waals surface area contributed by atoms with Gasteiger partial charge in [0.05, 0.1) is 0 Å². The van der Waals surface area contributed by atoms with Crippen LogP contribution in [0, 0.1) is 5.41 Å². The summed E-state index contributed by atoms with van der Waals surface area (Å²) in [7, 11) is 0. The molecule has 104 valence electrons. The van der Waals surface area contributed by atoms with Crippen molar-refractivity contribution in [3.63, 3.8) is 0 Å². The number of nitrogens with zero attached hydrogens (tertiary/aromatic N) is 2. The third-order valence-electron chi connectivity index (χ3n) is 3.82. The molecule has 4 nitrogen and oxygen atoms in total. The van der Waals surface area contributed by atoms with E-state index in [0.29, 0.717) is 5.41 Å². The lowest BCUT2D eigenvalue weighted by Gasteiger charge is -2.63. The predicted molar refractivity (Wildman–Crippen MR) is 73.6 cm³/mol. The Hall–Kier alpha value is -0.770. The number of hydrogen-bond donors (Lipinski definition) is 1. The fourth-order valence-electron chi connectivity index (χ4n) is 2.74. The van der Waals surface area contributed by atoms with Crippen molar-refractivity contribution in [1.29, 1.82) is 0 Å². The second-order valence-corrected chi connectivity index (χ2v) is 8.06. The van der Waals surface area contributed by atoms with E-state index in [1.54, 1.807) is 0 Å². The van der Waals surface area contributed by atoms with E-state index in [-0.39, 0.29) is 17.1 Å². The number of hydrogen-bond acceptors (Lipinski definition) is 2. The highest BCUT2D eigenvalue weighted by Gasteiger charge is 2.55. The molecule has 0 bridgehead atoms. The van der Waals surface area contributed by atoms with Crippen LogP contribution in [0.3, 0.4) is 0 Å². The zero-order valence-electron chi connectivity index (χ0n) is 12.6. The second kappa shape index (κ2) is 3.86. The zero-order chi connectivity index (χ0) is 13.8. The third kappa shape index (κ3) is 2.63. The van der Waals surface area contributed by atoms with Crippen LogP contribution in [-0.2, 0) is 0 Å². The first-order chi connectivity index (χ1) is 8.01. The first-order valence-electron chi connectivity index (χ1n) is 6.83. The third-order valence-corrected chi connectivity index (χ3v) is 3.82. The SMILES string of the molecule is CC(C)(C)NC(=O)N1CC2(C1)CN(C(C)(C)C)C2. The Bertz CT molecular complexity index is 337. The van der Waals surface area contributed by atoms with Gasteiger partial charge in [-0.3, -0.25) is 4.90 Å². The number of urea groups is 1. The standard InChI is InChI=1S/C14H27N3O/c1-12(2,3)15-11(18)16-7-14(8-16)9-17(10-14)13(4,5)6/h7-10H2,1-6H3,(H,15,18). The molecule has 2 fully saturated rings. The summed E-state index contributed by atoms with van der Waals surface area (Å²) in [5.74, 6) is 0. The Kier molecular flexibility index (Phi) is 2.93. The average molecular weight is 253 g/mol. The summed E-state index contributed by atoms with van der Waals surface area (Å²) < 4.78 is 0. The van der Waals surface area contributed by atoms with E-state index in [4.69, 9.17) is 0 Å². The Labute approximate surface area is 111 Å². The predicted octanol–water partition coefficient (Wildman–Crippen LogP) is 1.91. The molecule has 2 heterocycles. The Morgan fingerprint density at radius 1 is 1.00 bits per heavy atom. The van der Waals surface area contributed by atoms with E-state index in [1.165, 1.54) is 0 Å². The van der Waals surface area contributed by atoms with Gasteiger partial charge in [0.2, 0.25) is 0 Å². The zero-order valence-corrected chi connectivity index (χ0v) is 12.6. The van der Waals surface area contributed by atoms with Crippen LogP contribution in [0.4, 0.5) is 4.79 Å². The Morgan fingerprint density at radius 2 is 1.50 bits per heavy atom. The molecule has 2 aliphatic heterocycles. The smallest absolute Gasteiger partial charge is 0.317 e. The summed E-state index contributed by atoms with van der Waals surface area (Å²) in [4.78, 5) is 16.4. The maximum atomic E-state index is 11.9. The lowest BCUT2D eigenvalue weighted by Crippen LogP contribution is -2.76. The molecule has 0 saturated carbocycles. The summed E-state index contributed by atoms with van der Waals surface area (Å²) in [5, 5.41) is 3.02. The topological polar surface area (TPSA) is 35.6 Å². The van der Waals surface area contributed by atoms with Gasteiger partial charge in [0, 0.05) is 42.7 Å². The van der Waals surface area contributed by atoms with Crippen LogP contribution in [0.25, 0.3) is 0 Å². The minimum atomic E-state index is -0.142. The molecule has 1 spiro atoms. The highest BCUT2D eigenvalue weighted by atomic mass is 16.2. The van der Waals surface area contributed by atoms with Gasteiger partial charge in [-0.2, -0.15) is 0 Å². The van der Waals surface area contributed by atoms with Crippen molar-refractivity contribution < 1.29 is 4.79 Å². The van der Waals surface area contributed by atoms with Gasteiger partial charge >= 0.3 is 6.03 Å². The largest absolute Gasteiger partial charge is 0.333 e. The van der Waals surface area contributed by atoms with Gasteiger partial charge < -0.3 is 10.2 Å². The molecular formula is C14H27N3O. The van der Waals surface area contributed by atoms with E-state index >= 15 is 0 Å². The minimum absolute atomic E-state index is 0.0855. The minimum Gasteiger partial charge on any atom is -0.333 e. The van der Waals surface area contributed by atoms with Gasteiger partial charge in [0.1, 0.15) is 0 Å². The number of rotatable bonds is 0. The van der Waals surface area contributed by atoms with Crippen molar-refractivity contribution in [3.05, 3.63) is 0 Å². The number of carbonyl (C=O) groups is 1. The van der Waals surface area contributed by atoms with Crippen LogP contribution < -0.4 is 5.32 Å². The number of nitrogens with one attached hydrogen (secondary N) is 1. The van der Waals surface area contributed by atoms with E-state index in [9.17, 15) is 4.79 Å². The van der Waals surface area contributed by atoms with Gasteiger partial charge in [-0.25, -0.2) is 4.79 Å². The van der Waals surface area contributed by atoms with E-state index in [1.807, 2.05) is 25.7 Å². The van der Waals surface area contributed by atoms with Crippen LogP contribution in [0.2, 0.25) is 0 Å². The van der Waals surface area contributed by atoms with Crippen molar-refractivity contribution in [2.24, 2.45) is 5.41 Å². The van der Waals surface area contributed by atoms with Crippen LogP contribution in [0.1, 0.15) is 41.5 Å². The fourth-order valence-corrected chi connectivity index (χ4v) is 2.74. The Balaban J connectivity index is 1.77. The average Bonchev–Trinajstić information content (AvgIpc) is 1.90. The molecule has 0 radical (unpaired) electrons. The molecule has 1 N–H and O–H groups in total. The number of likely N-dealkylation sites (tertiary alicyclic amines) is 2. The van der Waals surface area contributed by atoms with Gasteiger partial charge in [0.25, 0.3) is 0 Å². The van der Waals surface area contributed by atoms with E-state index in [0.717, 1.165) is 26.2 Å². The van der Waals surface area contributed by atoms with E-state index in [2.05, 4.69) is 31.0 Å². The lowest BCUT2D eigenvalue weighted by atomic mass is 9.71.